The molecule has 1 heterocycles. The molecular weight excluding hydrogens is 361 g/mol. The van der Waals surface area contributed by atoms with Crippen LogP contribution in [0.2, 0.25) is 0 Å². The molecule has 138 valence electrons. The molecule has 0 unspecified atom stereocenters. The lowest BCUT2D eigenvalue weighted by molar-refractivity contribution is -0.139. The van der Waals surface area contributed by atoms with Crippen LogP contribution >= 0.6 is 0 Å². The molecule has 0 aliphatic carbocycles. The van der Waals surface area contributed by atoms with E-state index in [2.05, 4.69) is 10.2 Å². The van der Waals surface area contributed by atoms with Crippen molar-refractivity contribution in [3.63, 3.8) is 0 Å². The highest BCUT2D eigenvalue weighted by Gasteiger charge is 2.29. The van der Waals surface area contributed by atoms with Gasteiger partial charge in [-0.15, -0.1) is 10.2 Å². The minimum atomic E-state index is -4.40. The van der Waals surface area contributed by atoms with Gasteiger partial charge in [-0.1, -0.05) is 30.3 Å². The Balaban J connectivity index is 1.54. The third kappa shape index (κ3) is 5.04. The lowest BCUT2D eigenvalue weighted by Gasteiger charge is -2.05. The molecule has 27 heavy (non-hydrogen) atoms. The smallest absolute Gasteiger partial charge is 0.416 e. The molecule has 3 rings (SSSR count). The van der Waals surface area contributed by atoms with Crippen molar-refractivity contribution in [1.82, 2.24) is 10.2 Å². The first-order valence-electron chi connectivity index (χ1n) is 7.82. The number of hydrogen-bond donors (Lipinski definition) is 0. The van der Waals surface area contributed by atoms with E-state index in [-0.39, 0.29) is 12.5 Å². The summed E-state index contributed by atoms with van der Waals surface area (Å²) in [6.07, 6.45) is -1.94. The molecule has 3 aromatic rings. The molecule has 2 aromatic carbocycles. The van der Waals surface area contributed by atoms with Crippen LogP contribution in [0.4, 0.5) is 13.2 Å². The predicted molar refractivity (Wildman–Crippen MR) is 90.0 cm³/mol. The van der Waals surface area contributed by atoms with Gasteiger partial charge in [0.25, 0.3) is 5.89 Å². The first-order valence-corrected chi connectivity index (χ1v) is 7.82. The molecule has 0 radical (unpaired) electrons. The molecule has 0 N–H and O–H groups in total. The van der Waals surface area contributed by atoms with Gasteiger partial charge in [0.15, 0.2) is 6.61 Å². The van der Waals surface area contributed by atoms with Crippen molar-refractivity contribution in [2.75, 3.05) is 0 Å². The number of ether oxygens (including phenoxy) is 1. The monoisotopic (exact) mass is 374 g/mol. The Bertz CT molecular complexity index is 933. The average Bonchev–Trinajstić information content (AvgIpc) is 3.14. The van der Waals surface area contributed by atoms with Crippen LogP contribution < -0.4 is 0 Å². The van der Waals surface area contributed by atoms with Gasteiger partial charge in [-0.2, -0.15) is 13.2 Å². The van der Waals surface area contributed by atoms with Crippen molar-refractivity contribution < 1.29 is 27.1 Å². The molecule has 0 atom stereocenters. The Morgan fingerprint density at radius 3 is 2.41 bits per heavy atom. The summed E-state index contributed by atoms with van der Waals surface area (Å²) in [6, 6.07) is 13.5. The lowest BCUT2D eigenvalue weighted by Crippen LogP contribution is -2.04. The third-order valence-electron chi connectivity index (χ3n) is 3.48. The third-order valence-corrected chi connectivity index (χ3v) is 3.48. The van der Waals surface area contributed by atoms with Gasteiger partial charge < -0.3 is 9.15 Å². The summed E-state index contributed by atoms with van der Waals surface area (Å²) < 4.78 is 47.9. The Labute approximate surface area is 152 Å². The molecule has 0 amide bonds. The summed E-state index contributed by atoms with van der Waals surface area (Å²) in [6.45, 7) is -0.212. The molecule has 0 spiro atoms. The van der Waals surface area contributed by atoms with E-state index in [1.54, 1.807) is 12.1 Å². The van der Waals surface area contributed by atoms with E-state index >= 15 is 0 Å². The Hall–Kier alpha value is -3.42. The van der Waals surface area contributed by atoms with E-state index < -0.39 is 17.7 Å². The summed E-state index contributed by atoms with van der Waals surface area (Å²) in [5, 5.41) is 7.66. The van der Waals surface area contributed by atoms with Gasteiger partial charge in [0.2, 0.25) is 5.89 Å². The molecular formula is C19H13F3N2O3. The number of halogens is 3. The van der Waals surface area contributed by atoms with Gasteiger partial charge in [-0.25, -0.2) is 4.79 Å². The quantitative estimate of drug-likeness (QED) is 0.486. The maximum absolute atomic E-state index is 12.5. The number of benzene rings is 2. The first-order chi connectivity index (χ1) is 12.9. The highest BCUT2D eigenvalue weighted by molar-refractivity contribution is 5.87. The van der Waals surface area contributed by atoms with E-state index in [4.69, 9.17) is 9.15 Å². The van der Waals surface area contributed by atoms with E-state index in [0.717, 1.165) is 23.8 Å². The summed E-state index contributed by atoms with van der Waals surface area (Å²) in [7, 11) is 0. The molecule has 1 aromatic heterocycles. The van der Waals surface area contributed by atoms with E-state index in [0.29, 0.717) is 11.5 Å². The number of aromatic nitrogens is 2. The van der Waals surface area contributed by atoms with Crippen molar-refractivity contribution in [2.24, 2.45) is 0 Å². The molecule has 0 aliphatic rings. The second kappa shape index (κ2) is 7.86. The second-order valence-corrected chi connectivity index (χ2v) is 5.43. The molecule has 0 bridgehead atoms. The number of hydrogen-bond acceptors (Lipinski definition) is 5. The Morgan fingerprint density at radius 2 is 1.74 bits per heavy atom. The van der Waals surface area contributed by atoms with Crippen LogP contribution in [-0.2, 0) is 22.3 Å². The predicted octanol–water partition coefficient (Wildman–Crippen LogP) is 4.51. The summed E-state index contributed by atoms with van der Waals surface area (Å²) in [5.41, 5.74) is 0.418. The van der Waals surface area contributed by atoms with Crippen molar-refractivity contribution in [3.05, 3.63) is 77.7 Å². The van der Waals surface area contributed by atoms with Crippen molar-refractivity contribution >= 4 is 12.0 Å². The molecule has 8 heteroatoms. The molecule has 0 saturated carbocycles. The van der Waals surface area contributed by atoms with Crippen LogP contribution in [-0.4, -0.2) is 16.2 Å². The van der Waals surface area contributed by atoms with Crippen LogP contribution in [0, 0.1) is 0 Å². The van der Waals surface area contributed by atoms with Gasteiger partial charge in [0.1, 0.15) is 0 Å². The Kier molecular flexibility index (Phi) is 5.35. The standard InChI is InChI=1S/C19H13F3N2O3/c20-19(21,22)15-9-6-13(7-10-15)8-11-17(25)26-12-16-23-24-18(27-16)14-4-2-1-3-5-14/h1-11H,12H2/b11-8+. The molecule has 0 fully saturated rings. The second-order valence-electron chi connectivity index (χ2n) is 5.43. The van der Waals surface area contributed by atoms with Gasteiger partial charge in [-0.3, -0.25) is 0 Å². The summed E-state index contributed by atoms with van der Waals surface area (Å²) in [5.74, 6) is -0.249. The van der Waals surface area contributed by atoms with Crippen molar-refractivity contribution in [1.29, 1.82) is 0 Å². The number of nitrogens with zero attached hydrogens (tertiary/aromatic N) is 2. The molecule has 0 aliphatic heterocycles. The Morgan fingerprint density at radius 1 is 1.04 bits per heavy atom. The SMILES string of the molecule is O=C(/C=C/c1ccc(C(F)(F)F)cc1)OCc1nnc(-c2ccccc2)o1. The zero-order valence-electron chi connectivity index (χ0n) is 13.8. The number of carbonyl (C=O) groups excluding carboxylic acids is 1. The lowest BCUT2D eigenvalue weighted by atomic mass is 10.1. The number of carbonyl (C=O) groups is 1. The average molecular weight is 374 g/mol. The van der Waals surface area contributed by atoms with Gasteiger partial charge >= 0.3 is 12.1 Å². The van der Waals surface area contributed by atoms with Crippen LogP contribution in [0.3, 0.4) is 0 Å². The van der Waals surface area contributed by atoms with Crippen LogP contribution in [0.25, 0.3) is 17.5 Å². The molecule has 0 saturated heterocycles. The first kappa shape index (κ1) is 18.4. The number of alkyl halides is 3. The fraction of sp³-hybridized carbons (Fsp3) is 0.105. The van der Waals surface area contributed by atoms with E-state index in [1.165, 1.54) is 18.2 Å². The van der Waals surface area contributed by atoms with E-state index in [9.17, 15) is 18.0 Å². The van der Waals surface area contributed by atoms with Crippen molar-refractivity contribution in [3.8, 4) is 11.5 Å². The minimum absolute atomic E-state index is 0.130. The summed E-state index contributed by atoms with van der Waals surface area (Å²) >= 11 is 0. The minimum Gasteiger partial charge on any atom is -0.452 e. The number of rotatable bonds is 5. The summed E-state index contributed by atoms with van der Waals surface area (Å²) in [4.78, 5) is 11.7. The maximum atomic E-state index is 12.5. The molecule has 5 nitrogen and oxygen atoms in total. The van der Waals surface area contributed by atoms with Gasteiger partial charge in [0, 0.05) is 11.6 Å². The largest absolute Gasteiger partial charge is 0.452 e. The van der Waals surface area contributed by atoms with Crippen LogP contribution in [0.5, 0.6) is 0 Å². The van der Waals surface area contributed by atoms with Gasteiger partial charge in [-0.05, 0) is 35.9 Å². The number of esters is 1. The fourth-order valence-electron chi connectivity index (χ4n) is 2.14. The highest BCUT2D eigenvalue weighted by Crippen LogP contribution is 2.29. The highest BCUT2D eigenvalue weighted by atomic mass is 19.4. The van der Waals surface area contributed by atoms with E-state index in [1.807, 2.05) is 18.2 Å². The fourth-order valence-corrected chi connectivity index (χ4v) is 2.14. The van der Waals surface area contributed by atoms with Crippen LogP contribution in [0.1, 0.15) is 17.0 Å². The normalized spacial score (nSPS) is 11.7. The van der Waals surface area contributed by atoms with Crippen LogP contribution in [0.15, 0.2) is 65.1 Å². The van der Waals surface area contributed by atoms with Crippen molar-refractivity contribution in [2.45, 2.75) is 12.8 Å². The topological polar surface area (TPSA) is 65.2 Å². The maximum Gasteiger partial charge on any atom is 0.416 e. The zero-order chi connectivity index (χ0) is 19.3. The zero-order valence-corrected chi connectivity index (χ0v) is 13.8. The van der Waals surface area contributed by atoms with Gasteiger partial charge in [0.05, 0.1) is 5.56 Å².